The van der Waals surface area contributed by atoms with Gasteiger partial charge in [-0.15, -0.1) is 0 Å². The molecule has 0 aromatic heterocycles. The number of rotatable bonds is 7. The van der Waals surface area contributed by atoms with Crippen molar-refractivity contribution in [1.82, 2.24) is 0 Å². The van der Waals surface area contributed by atoms with Gasteiger partial charge >= 0.3 is 0 Å². The fraction of sp³-hybridized carbons (Fsp3) is 0.409. The molecule has 0 saturated carbocycles. The van der Waals surface area contributed by atoms with Crippen LogP contribution in [0.1, 0.15) is 32.4 Å². The van der Waals surface area contributed by atoms with E-state index in [1.165, 1.54) is 11.8 Å². The molecule has 0 fully saturated rings. The Morgan fingerprint density at radius 1 is 0.963 bits per heavy atom. The molecule has 0 amide bonds. The number of methoxy groups -OCH3 is 1. The fourth-order valence-corrected chi connectivity index (χ4v) is 4.56. The summed E-state index contributed by atoms with van der Waals surface area (Å²) in [6.45, 7) is 11.0. The van der Waals surface area contributed by atoms with Crippen molar-refractivity contribution < 1.29 is 14.0 Å². The van der Waals surface area contributed by atoms with Gasteiger partial charge in [-0.3, -0.25) is 4.79 Å². The Morgan fingerprint density at radius 2 is 1.48 bits per heavy atom. The van der Waals surface area contributed by atoms with E-state index in [1.807, 2.05) is 60.7 Å². The summed E-state index contributed by atoms with van der Waals surface area (Å²) in [6, 6.07) is 19.6. The number of benzene rings is 2. The van der Waals surface area contributed by atoms with Crippen LogP contribution in [0.4, 0.5) is 0 Å². The maximum absolute atomic E-state index is 13.1. The van der Waals surface area contributed by atoms with Crippen molar-refractivity contribution in [3.63, 3.8) is 0 Å². The third-order valence-corrected chi connectivity index (χ3v) is 10.5. The van der Waals surface area contributed by atoms with E-state index in [4.69, 9.17) is 9.16 Å². The van der Waals surface area contributed by atoms with Gasteiger partial charge in [0.15, 0.2) is 14.4 Å². The van der Waals surface area contributed by atoms with Crippen LogP contribution < -0.4 is 0 Å². The van der Waals surface area contributed by atoms with Crippen molar-refractivity contribution in [3.05, 3.63) is 66.2 Å². The second kappa shape index (κ2) is 9.19. The molecule has 2 aromatic carbocycles. The molecule has 0 heterocycles. The molecule has 2 atom stereocenters. The van der Waals surface area contributed by atoms with Crippen molar-refractivity contribution in [2.75, 3.05) is 7.11 Å². The molecular formula is C22H30O3SSi. The first-order valence-corrected chi connectivity index (χ1v) is 12.9. The second-order valence-corrected chi connectivity index (χ2v) is 13.9. The molecule has 3 nitrogen and oxygen atoms in total. The quantitative estimate of drug-likeness (QED) is 0.415. The molecule has 0 radical (unpaired) electrons. The summed E-state index contributed by atoms with van der Waals surface area (Å²) in [5.74, 6) is 0. The van der Waals surface area contributed by atoms with Crippen LogP contribution in [0.5, 0.6) is 0 Å². The summed E-state index contributed by atoms with van der Waals surface area (Å²) in [7, 11) is -0.527. The van der Waals surface area contributed by atoms with E-state index in [1.54, 1.807) is 7.11 Å². The highest BCUT2D eigenvalue weighted by atomic mass is 32.2. The monoisotopic (exact) mass is 402 g/mol. The van der Waals surface area contributed by atoms with Gasteiger partial charge in [-0.1, -0.05) is 69.3 Å². The zero-order valence-electron chi connectivity index (χ0n) is 17.1. The summed E-state index contributed by atoms with van der Waals surface area (Å²) >= 11 is 1.20. The molecule has 0 bridgehead atoms. The van der Waals surface area contributed by atoms with Crippen LogP contribution in [0.15, 0.2) is 65.6 Å². The van der Waals surface area contributed by atoms with Crippen LogP contribution in [-0.2, 0) is 14.0 Å². The number of carbonyl (C=O) groups excluding carboxylic acids is 1. The van der Waals surface area contributed by atoms with Gasteiger partial charge in [0.05, 0.1) is 0 Å². The lowest BCUT2D eigenvalue weighted by atomic mass is 10.1. The number of thioether (sulfide) groups is 1. The van der Waals surface area contributed by atoms with Crippen molar-refractivity contribution >= 4 is 25.2 Å². The molecule has 146 valence electrons. The Hall–Kier alpha value is -1.40. The predicted molar refractivity (Wildman–Crippen MR) is 116 cm³/mol. The lowest BCUT2D eigenvalue weighted by Gasteiger charge is -2.41. The summed E-state index contributed by atoms with van der Waals surface area (Å²) in [6.07, 6.45) is -1.10. The average molecular weight is 403 g/mol. The van der Waals surface area contributed by atoms with Gasteiger partial charge in [-0.05, 0) is 47.6 Å². The minimum atomic E-state index is -2.11. The van der Waals surface area contributed by atoms with Gasteiger partial charge in [0.2, 0.25) is 5.12 Å². The number of ether oxygens (including phenoxy) is 1. The van der Waals surface area contributed by atoms with Crippen LogP contribution in [-0.4, -0.2) is 26.6 Å². The number of hydrogen-bond acceptors (Lipinski definition) is 4. The Morgan fingerprint density at radius 3 is 1.96 bits per heavy atom. The van der Waals surface area contributed by atoms with Gasteiger partial charge in [0.1, 0.15) is 6.10 Å². The van der Waals surface area contributed by atoms with E-state index in [9.17, 15) is 4.79 Å². The van der Waals surface area contributed by atoms with Crippen LogP contribution >= 0.6 is 11.8 Å². The lowest BCUT2D eigenvalue weighted by molar-refractivity contribution is -0.126. The van der Waals surface area contributed by atoms with Gasteiger partial charge in [0.25, 0.3) is 0 Å². The van der Waals surface area contributed by atoms with Crippen LogP contribution in [0.2, 0.25) is 18.1 Å². The maximum atomic E-state index is 13.1. The van der Waals surface area contributed by atoms with Gasteiger partial charge in [-0.2, -0.15) is 0 Å². The molecule has 0 spiro atoms. The first kappa shape index (κ1) is 21.9. The van der Waals surface area contributed by atoms with Crippen molar-refractivity contribution in [3.8, 4) is 0 Å². The molecular weight excluding hydrogens is 372 g/mol. The van der Waals surface area contributed by atoms with Crippen molar-refractivity contribution in [2.24, 2.45) is 0 Å². The molecule has 2 rings (SSSR count). The van der Waals surface area contributed by atoms with E-state index in [-0.39, 0.29) is 10.2 Å². The van der Waals surface area contributed by atoms with E-state index in [0.29, 0.717) is 0 Å². The highest BCUT2D eigenvalue weighted by Crippen LogP contribution is 2.41. The smallest absolute Gasteiger partial charge is 0.225 e. The second-order valence-electron chi connectivity index (χ2n) is 8.10. The molecule has 0 aliphatic rings. The molecule has 0 saturated heterocycles. The molecule has 0 unspecified atom stereocenters. The Kier molecular flexibility index (Phi) is 7.45. The minimum absolute atomic E-state index is 0.0357. The topological polar surface area (TPSA) is 35.5 Å². The Bertz CT molecular complexity index is 726. The van der Waals surface area contributed by atoms with Crippen LogP contribution in [0.3, 0.4) is 0 Å². The third kappa shape index (κ3) is 5.78. The highest BCUT2D eigenvalue weighted by Gasteiger charge is 2.43. The normalized spacial score (nSPS) is 14.6. The van der Waals surface area contributed by atoms with Gasteiger partial charge in [-0.25, -0.2) is 0 Å². The molecule has 0 aliphatic carbocycles. The summed E-state index contributed by atoms with van der Waals surface area (Å²) in [4.78, 5) is 14.0. The molecule has 0 N–H and O–H groups in total. The van der Waals surface area contributed by atoms with E-state index in [2.05, 4.69) is 33.9 Å². The van der Waals surface area contributed by atoms with E-state index >= 15 is 0 Å². The average Bonchev–Trinajstić information content (AvgIpc) is 2.62. The largest absolute Gasteiger partial charge is 0.407 e. The first-order chi connectivity index (χ1) is 12.7. The van der Waals surface area contributed by atoms with Crippen LogP contribution in [0, 0.1) is 0 Å². The summed E-state index contributed by atoms with van der Waals surface area (Å²) in [5, 5.41) is -0.00947. The van der Waals surface area contributed by atoms with Gasteiger partial charge < -0.3 is 9.16 Å². The minimum Gasteiger partial charge on any atom is -0.407 e. The standard InChI is InChI=1S/C22H30O3SSi/c1-22(2,3)27(5,6)25-19(17-13-9-7-10-14-17)20(24-4)21(23)26-18-15-11-8-12-16-18/h7-16,19-20H,1-6H3/t19-,20+/m0/s1. The van der Waals surface area contributed by atoms with E-state index < -0.39 is 20.5 Å². The highest BCUT2D eigenvalue weighted by molar-refractivity contribution is 8.13. The zero-order chi connectivity index (χ0) is 20.1. The molecule has 27 heavy (non-hydrogen) atoms. The Labute approximate surface area is 168 Å². The first-order valence-electron chi connectivity index (χ1n) is 9.18. The number of hydrogen-bond donors (Lipinski definition) is 0. The van der Waals surface area contributed by atoms with Crippen molar-refractivity contribution in [1.29, 1.82) is 0 Å². The third-order valence-electron chi connectivity index (χ3n) is 5.08. The Balaban J connectivity index is 2.34. The molecule has 5 heteroatoms. The summed E-state index contributed by atoms with van der Waals surface area (Å²) in [5.41, 5.74) is 0.969. The number of carbonyl (C=O) groups is 1. The maximum Gasteiger partial charge on any atom is 0.225 e. The zero-order valence-corrected chi connectivity index (χ0v) is 18.9. The van der Waals surface area contributed by atoms with Gasteiger partial charge in [0, 0.05) is 12.0 Å². The van der Waals surface area contributed by atoms with E-state index in [0.717, 1.165) is 10.5 Å². The predicted octanol–water partition coefficient (Wildman–Crippen LogP) is 6.08. The molecule has 2 aromatic rings. The summed E-state index contributed by atoms with van der Waals surface area (Å²) < 4.78 is 12.4. The lowest BCUT2D eigenvalue weighted by Crippen LogP contribution is -2.45. The van der Waals surface area contributed by atoms with Crippen LogP contribution in [0.25, 0.3) is 0 Å². The SMILES string of the molecule is CO[C@@H](C(=O)Sc1ccccc1)[C@@H](O[Si](C)(C)C(C)(C)C)c1ccccc1. The van der Waals surface area contributed by atoms with Crippen molar-refractivity contribution in [2.45, 2.75) is 56.0 Å². The fourth-order valence-electron chi connectivity index (χ4n) is 2.45. The molecule has 0 aliphatic heterocycles.